The molecule has 0 fully saturated rings. The first-order chi connectivity index (χ1) is 16.5. The van der Waals surface area contributed by atoms with E-state index < -0.39 is 21.4 Å². The Bertz CT molecular complexity index is 1240. The van der Waals surface area contributed by atoms with Gasteiger partial charge in [0.25, 0.3) is 0 Å². The highest BCUT2D eigenvalue weighted by Gasteiger charge is 2.29. The maximum atomic E-state index is 11.8. The van der Waals surface area contributed by atoms with Crippen LogP contribution in [0, 0.1) is 0 Å². The molecule has 3 aromatic rings. The molecule has 35 heavy (non-hydrogen) atoms. The lowest BCUT2D eigenvalue weighted by Gasteiger charge is -2.23. The SMILES string of the molecule is CCc1cnc(N(CCc2ccc(OC(C)(C)C(=O)O)cc2)Cc2ccc(S(C)(=O)=O)cc2)nc1. The van der Waals surface area contributed by atoms with Crippen molar-refractivity contribution in [3.63, 3.8) is 0 Å². The largest absolute Gasteiger partial charge is 0.478 e. The molecule has 0 spiro atoms. The Kier molecular flexibility index (Phi) is 8.11. The van der Waals surface area contributed by atoms with Crippen molar-refractivity contribution in [1.29, 1.82) is 0 Å². The number of hydrogen-bond acceptors (Lipinski definition) is 7. The number of carbonyl (C=O) groups is 1. The number of sulfone groups is 1. The standard InChI is InChI=1S/C26H31N3O5S/c1-5-19-16-27-25(28-17-19)29(18-21-8-12-23(13-9-21)35(4,32)33)15-14-20-6-10-22(11-7-20)34-26(2,3)24(30)31/h6-13,16-17H,5,14-15,18H2,1-4H3,(H,30,31). The number of aliphatic carboxylic acids is 1. The van der Waals surface area contributed by atoms with Crippen LogP contribution in [0.25, 0.3) is 0 Å². The summed E-state index contributed by atoms with van der Waals surface area (Å²) in [5.74, 6) is 0.0517. The van der Waals surface area contributed by atoms with Gasteiger partial charge in [0.05, 0.1) is 4.90 Å². The Morgan fingerprint density at radius 1 is 0.971 bits per heavy atom. The molecular weight excluding hydrogens is 466 g/mol. The Labute approximate surface area is 206 Å². The molecule has 0 bridgehead atoms. The predicted molar refractivity (Wildman–Crippen MR) is 135 cm³/mol. The first-order valence-electron chi connectivity index (χ1n) is 11.3. The van der Waals surface area contributed by atoms with Crippen LogP contribution >= 0.6 is 0 Å². The van der Waals surface area contributed by atoms with Gasteiger partial charge >= 0.3 is 5.97 Å². The van der Waals surface area contributed by atoms with Gasteiger partial charge in [-0.3, -0.25) is 0 Å². The van der Waals surface area contributed by atoms with Crippen LogP contribution in [0.4, 0.5) is 5.95 Å². The van der Waals surface area contributed by atoms with E-state index in [-0.39, 0.29) is 4.90 Å². The van der Waals surface area contributed by atoms with Crippen LogP contribution in [0.1, 0.15) is 37.5 Å². The van der Waals surface area contributed by atoms with Crippen molar-refractivity contribution in [2.24, 2.45) is 0 Å². The summed E-state index contributed by atoms with van der Waals surface area (Å²) in [6, 6.07) is 14.2. The van der Waals surface area contributed by atoms with Crippen molar-refractivity contribution in [3.05, 3.63) is 77.6 Å². The second-order valence-corrected chi connectivity index (χ2v) is 10.9. The van der Waals surface area contributed by atoms with Crippen LogP contribution in [-0.4, -0.2) is 47.9 Å². The fourth-order valence-electron chi connectivity index (χ4n) is 3.33. The molecule has 0 radical (unpaired) electrons. The molecule has 0 amide bonds. The summed E-state index contributed by atoms with van der Waals surface area (Å²) in [5, 5.41) is 9.25. The summed E-state index contributed by atoms with van der Waals surface area (Å²) < 4.78 is 29.1. The highest BCUT2D eigenvalue weighted by atomic mass is 32.2. The van der Waals surface area contributed by atoms with Crippen LogP contribution < -0.4 is 9.64 Å². The molecule has 0 aliphatic carbocycles. The highest BCUT2D eigenvalue weighted by Crippen LogP contribution is 2.21. The van der Waals surface area contributed by atoms with Crippen molar-refractivity contribution < 1.29 is 23.1 Å². The zero-order valence-electron chi connectivity index (χ0n) is 20.4. The lowest BCUT2D eigenvalue weighted by Crippen LogP contribution is -2.37. The molecule has 0 unspecified atom stereocenters. The molecule has 8 nitrogen and oxygen atoms in total. The molecule has 0 aliphatic rings. The molecule has 1 heterocycles. The van der Waals surface area contributed by atoms with Crippen LogP contribution in [0.2, 0.25) is 0 Å². The third-order valence-electron chi connectivity index (χ3n) is 5.59. The van der Waals surface area contributed by atoms with E-state index in [1.165, 1.54) is 20.1 Å². The van der Waals surface area contributed by atoms with E-state index in [2.05, 4.69) is 9.97 Å². The van der Waals surface area contributed by atoms with Gasteiger partial charge in [-0.15, -0.1) is 0 Å². The molecule has 0 saturated carbocycles. The van der Waals surface area contributed by atoms with Crippen molar-refractivity contribution in [2.45, 2.75) is 50.7 Å². The molecule has 9 heteroatoms. The summed E-state index contributed by atoms with van der Waals surface area (Å²) in [6.45, 7) is 6.20. The topological polar surface area (TPSA) is 110 Å². The van der Waals surface area contributed by atoms with E-state index >= 15 is 0 Å². The monoisotopic (exact) mass is 497 g/mol. The van der Waals surface area contributed by atoms with Crippen molar-refractivity contribution in [3.8, 4) is 5.75 Å². The molecule has 0 atom stereocenters. The van der Waals surface area contributed by atoms with Gasteiger partial charge in [0.1, 0.15) is 5.75 Å². The Balaban J connectivity index is 1.75. The molecule has 0 aliphatic heterocycles. The number of anilines is 1. The fraction of sp³-hybridized carbons (Fsp3) is 0.346. The molecule has 0 saturated heterocycles. The summed E-state index contributed by atoms with van der Waals surface area (Å²) in [6.07, 6.45) is 6.37. The number of carboxylic acids is 1. The molecule has 2 aromatic carbocycles. The highest BCUT2D eigenvalue weighted by molar-refractivity contribution is 7.90. The van der Waals surface area contributed by atoms with Gasteiger partial charge in [0.15, 0.2) is 15.4 Å². The van der Waals surface area contributed by atoms with Crippen LogP contribution in [0.3, 0.4) is 0 Å². The van der Waals surface area contributed by atoms with Crippen molar-refractivity contribution >= 4 is 21.8 Å². The lowest BCUT2D eigenvalue weighted by molar-refractivity contribution is -0.152. The third-order valence-corrected chi connectivity index (χ3v) is 6.72. The number of aryl methyl sites for hydroxylation is 1. The number of rotatable bonds is 11. The zero-order valence-corrected chi connectivity index (χ0v) is 21.2. The fourth-order valence-corrected chi connectivity index (χ4v) is 3.96. The number of ether oxygens (including phenoxy) is 1. The van der Waals surface area contributed by atoms with Crippen LogP contribution in [0.15, 0.2) is 65.8 Å². The van der Waals surface area contributed by atoms with Crippen LogP contribution in [0.5, 0.6) is 5.75 Å². The van der Waals surface area contributed by atoms with E-state index in [4.69, 9.17) is 4.74 Å². The smallest absolute Gasteiger partial charge is 0.347 e. The number of hydrogen-bond donors (Lipinski definition) is 1. The second kappa shape index (κ2) is 10.9. The Hall–Kier alpha value is -3.46. The van der Waals surface area contributed by atoms with E-state index in [1.807, 2.05) is 36.4 Å². The van der Waals surface area contributed by atoms with E-state index in [1.54, 1.807) is 36.4 Å². The van der Waals surface area contributed by atoms with Crippen molar-refractivity contribution in [1.82, 2.24) is 9.97 Å². The predicted octanol–water partition coefficient (Wildman–Crippen LogP) is 3.93. The molecule has 1 aromatic heterocycles. The summed E-state index contributed by atoms with van der Waals surface area (Å²) >= 11 is 0. The quantitative estimate of drug-likeness (QED) is 0.424. The van der Waals surface area contributed by atoms with Gasteiger partial charge in [-0.05, 0) is 67.6 Å². The van der Waals surface area contributed by atoms with E-state index in [0.717, 1.165) is 23.1 Å². The van der Waals surface area contributed by atoms with E-state index in [0.29, 0.717) is 31.2 Å². The first kappa shape index (κ1) is 26.2. The first-order valence-corrected chi connectivity index (χ1v) is 13.2. The number of carboxylic acid groups (broad SMARTS) is 1. The van der Waals surface area contributed by atoms with E-state index in [9.17, 15) is 18.3 Å². The molecule has 186 valence electrons. The lowest BCUT2D eigenvalue weighted by atomic mass is 10.1. The van der Waals surface area contributed by atoms with Gasteiger partial charge in [-0.2, -0.15) is 0 Å². The minimum Gasteiger partial charge on any atom is -0.478 e. The molecule has 3 rings (SSSR count). The zero-order chi connectivity index (χ0) is 25.6. The minimum absolute atomic E-state index is 0.282. The Morgan fingerprint density at radius 3 is 2.06 bits per heavy atom. The van der Waals surface area contributed by atoms with Gasteiger partial charge in [0.2, 0.25) is 5.95 Å². The number of nitrogens with zero attached hydrogens (tertiary/aromatic N) is 3. The number of aromatic nitrogens is 2. The van der Waals surface area contributed by atoms with Crippen LogP contribution in [-0.2, 0) is 34.0 Å². The van der Waals surface area contributed by atoms with Crippen molar-refractivity contribution in [2.75, 3.05) is 17.7 Å². The van der Waals surface area contributed by atoms with Gasteiger partial charge in [-0.25, -0.2) is 23.2 Å². The third kappa shape index (κ3) is 7.26. The van der Waals surface area contributed by atoms with Gasteiger partial charge < -0.3 is 14.7 Å². The maximum Gasteiger partial charge on any atom is 0.347 e. The summed E-state index contributed by atoms with van der Waals surface area (Å²) in [5.41, 5.74) is 1.73. The Morgan fingerprint density at radius 2 is 1.54 bits per heavy atom. The minimum atomic E-state index is -3.26. The summed E-state index contributed by atoms with van der Waals surface area (Å²) in [7, 11) is -3.26. The second-order valence-electron chi connectivity index (χ2n) is 8.89. The average molecular weight is 498 g/mol. The normalized spacial score (nSPS) is 11.8. The summed E-state index contributed by atoms with van der Waals surface area (Å²) in [4.78, 5) is 22.7. The number of benzene rings is 2. The van der Waals surface area contributed by atoms with Gasteiger partial charge in [0, 0.05) is 31.7 Å². The molecular formula is C26H31N3O5S. The molecule has 1 N–H and O–H groups in total. The maximum absolute atomic E-state index is 11.8. The van der Waals surface area contributed by atoms with Gasteiger partial charge in [-0.1, -0.05) is 31.2 Å². The average Bonchev–Trinajstić information content (AvgIpc) is 2.82.